The van der Waals surface area contributed by atoms with Crippen LogP contribution in [0.15, 0.2) is 29.3 Å². The maximum atomic E-state index is 12.9. The van der Waals surface area contributed by atoms with Gasteiger partial charge in [-0.25, -0.2) is 8.42 Å². The van der Waals surface area contributed by atoms with E-state index in [2.05, 4.69) is 39.5 Å². The Morgan fingerprint density at radius 3 is 2.40 bits per heavy atom. The van der Waals surface area contributed by atoms with Gasteiger partial charge in [-0.2, -0.15) is 0 Å². The van der Waals surface area contributed by atoms with E-state index in [0.29, 0.717) is 30.5 Å². The predicted octanol–water partition coefficient (Wildman–Crippen LogP) is 3.94. The largest absolute Gasteiger partial charge is 0.454 e. The fraction of sp³-hybridized carbons (Fsp3) is 0.615. The fourth-order valence-corrected chi connectivity index (χ4v) is 8.15. The minimum absolute atomic E-state index is 0.118. The smallest absolute Gasteiger partial charge is 0.231 e. The molecular weight excluding hydrogens is 464 g/mol. The normalized spacial score (nSPS) is 26.7. The van der Waals surface area contributed by atoms with Crippen molar-refractivity contribution < 1.29 is 17.9 Å². The van der Waals surface area contributed by atoms with Gasteiger partial charge in [0.25, 0.3) is 0 Å². The van der Waals surface area contributed by atoms with Crippen LogP contribution in [0.3, 0.4) is 0 Å². The number of benzene rings is 1. The van der Waals surface area contributed by atoms with Gasteiger partial charge in [0.15, 0.2) is 26.4 Å². The first-order chi connectivity index (χ1) is 17.0. The molecule has 1 aromatic heterocycles. The fourth-order valence-electron chi connectivity index (χ4n) is 6.45. The Labute approximate surface area is 207 Å². The summed E-state index contributed by atoms with van der Waals surface area (Å²) in [5.74, 6) is 3.71. The number of aryl methyl sites for hydroxylation is 1. The molecule has 1 N–H and O–H groups in total. The van der Waals surface area contributed by atoms with E-state index in [4.69, 9.17) is 9.47 Å². The predicted molar refractivity (Wildman–Crippen MR) is 132 cm³/mol. The van der Waals surface area contributed by atoms with Crippen LogP contribution in [0.25, 0.3) is 0 Å². The van der Waals surface area contributed by atoms with Gasteiger partial charge in [-0.15, -0.1) is 10.2 Å². The summed E-state index contributed by atoms with van der Waals surface area (Å²) in [6, 6.07) is 7.99. The van der Waals surface area contributed by atoms with Crippen molar-refractivity contribution in [3.63, 3.8) is 0 Å². The highest BCUT2D eigenvalue weighted by atomic mass is 32.2. The van der Waals surface area contributed by atoms with Crippen molar-refractivity contribution in [1.82, 2.24) is 15.1 Å². The monoisotopic (exact) mass is 498 g/mol. The summed E-state index contributed by atoms with van der Waals surface area (Å²) in [7, 11) is -3.38. The number of rotatable bonds is 6. The Balaban J connectivity index is 1.03. The molecule has 2 saturated carbocycles. The molecule has 3 heterocycles. The van der Waals surface area contributed by atoms with E-state index in [1.807, 2.05) is 0 Å². The third-order valence-corrected chi connectivity index (χ3v) is 10.5. The van der Waals surface area contributed by atoms with Gasteiger partial charge >= 0.3 is 0 Å². The molecule has 0 amide bonds. The lowest BCUT2D eigenvalue weighted by molar-refractivity contribution is 0.174. The molecule has 0 spiro atoms. The molecule has 2 aliphatic heterocycles. The van der Waals surface area contributed by atoms with Crippen molar-refractivity contribution in [2.45, 2.75) is 74.7 Å². The third kappa shape index (κ3) is 4.60. The second kappa shape index (κ2) is 9.24. The van der Waals surface area contributed by atoms with Crippen LogP contribution < -0.4 is 14.8 Å². The van der Waals surface area contributed by atoms with Crippen LogP contribution in [0, 0.1) is 18.8 Å². The van der Waals surface area contributed by atoms with E-state index in [1.165, 1.54) is 11.1 Å². The standard InChI is InChI=1S/C26H34N4O4S/c1-17-9-23-24(34-16-33-23)12-18(17)13-30-14-19-10-21(11-20(19)15-30)27-25-7-8-26(29-28-25)35(31,32)22-5-3-2-4-6-22/h7-9,12,19-22H,2-6,10-11,13-16H2,1H3,(H,27,28)/t19-,20+,21+. The number of sulfone groups is 1. The number of nitrogens with zero attached hydrogens (tertiary/aromatic N) is 3. The number of hydrogen-bond acceptors (Lipinski definition) is 8. The average molecular weight is 499 g/mol. The van der Waals surface area contributed by atoms with Crippen LogP contribution >= 0.6 is 0 Å². The zero-order chi connectivity index (χ0) is 24.0. The van der Waals surface area contributed by atoms with E-state index in [9.17, 15) is 8.42 Å². The summed E-state index contributed by atoms with van der Waals surface area (Å²) in [4.78, 5) is 2.56. The maximum absolute atomic E-state index is 12.9. The summed E-state index contributed by atoms with van der Waals surface area (Å²) in [5.41, 5.74) is 2.56. The van der Waals surface area contributed by atoms with Gasteiger partial charge in [-0.05, 0) is 79.8 Å². The summed E-state index contributed by atoms with van der Waals surface area (Å²) >= 11 is 0. The van der Waals surface area contributed by atoms with E-state index in [-0.39, 0.29) is 10.3 Å². The topological polar surface area (TPSA) is 93.7 Å². The molecule has 2 aromatic rings. The average Bonchev–Trinajstić information content (AvgIpc) is 3.55. The molecular formula is C26H34N4O4S. The van der Waals surface area contributed by atoms with Crippen LogP contribution in [-0.2, 0) is 16.4 Å². The van der Waals surface area contributed by atoms with Gasteiger partial charge in [0.05, 0.1) is 5.25 Å². The number of ether oxygens (including phenoxy) is 2. The Morgan fingerprint density at radius 2 is 1.71 bits per heavy atom. The first-order valence-electron chi connectivity index (χ1n) is 12.9. The molecule has 9 heteroatoms. The molecule has 0 unspecified atom stereocenters. The molecule has 1 saturated heterocycles. The Hall–Kier alpha value is -2.39. The highest BCUT2D eigenvalue weighted by Gasteiger charge is 2.41. The zero-order valence-electron chi connectivity index (χ0n) is 20.3. The van der Waals surface area contributed by atoms with Gasteiger partial charge in [0, 0.05) is 25.7 Å². The summed E-state index contributed by atoms with van der Waals surface area (Å²) in [5, 5.41) is 11.7. The highest BCUT2D eigenvalue weighted by molar-refractivity contribution is 7.92. The Morgan fingerprint density at radius 1 is 1.00 bits per heavy atom. The van der Waals surface area contributed by atoms with Gasteiger partial charge in [-0.3, -0.25) is 4.90 Å². The first-order valence-corrected chi connectivity index (χ1v) is 14.5. The molecule has 6 rings (SSSR count). The quantitative estimate of drug-likeness (QED) is 0.640. The molecule has 8 nitrogen and oxygen atoms in total. The van der Waals surface area contributed by atoms with Gasteiger partial charge < -0.3 is 14.8 Å². The number of likely N-dealkylation sites (tertiary alicyclic amines) is 1. The maximum Gasteiger partial charge on any atom is 0.231 e. The van der Waals surface area contributed by atoms with Crippen molar-refractivity contribution in [2.75, 3.05) is 25.2 Å². The number of hydrogen-bond donors (Lipinski definition) is 1. The van der Waals surface area contributed by atoms with Crippen molar-refractivity contribution in [3.8, 4) is 11.5 Å². The molecule has 3 fully saturated rings. The molecule has 35 heavy (non-hydrogen) atoms. The van der Waals surface area contributed by atoms with Crippen LogP contribution in [0.5, 0.6) is 11.5 Å². The molecule has 2 aliphatic carbocycles. The molecule has 3 atom stereocenters. The number of anilines is 1. The van der Waals surface area contributed by atoms with Crippen molar-refractivity contribution in [2.24, 2.45) is 11.8 Å². The molecule has 0 bridgehead atoms. The highest BCUT2D eigenvalue weighted by Crippen LogP contribution is 2.41. The van der Waals surface area contributed by atoms with Crippen molar-refractivity contribution in [1.29, 1.82) is 0 Å². The van der Waals surface area contributed by atoms with E-state index in [1.54, 1.807) is 12.1 Å². The number of fused-ring (bicyclic) bond motifs is 2. The van der Waals surface area contributed by atoms with Gasteiger partial charge in [-0.1, -0.05) is 19.3 Å². The summed E-state index contributed by atoms with van der Waals surface area (Å²) in [6.45, 7) is 5.59. The van der Waals surface area contributed by atoms with Gasteiger partial charge in [0.2, 0.25) is 6.79 Å². The van der Waals surface area contributed by atoms with Crippen molar-refractivity contribution >= 4 is 15.7 Å². The number of nitrogens with one attached hydrogen (secondary N) is 1. The van der Waals surface area contributed by atoms with Crippen LogP contribution in [0.2, 0.25) is 0 Å². The summed E-state index contributed by atoms with van der Waals surface area (Å²) < 4.78 is 36.8. The van der Waals surface area contributed by atoms with Crippen LogP contribution in [0.4, 0.5) is 5.82 Å². The lowest BCUT2D eigenvalue weighted by Gasteiger charge is -2.21. The van der Waals surface area contributed by atoms with Crippen LogP contribution in [0.1, 0.15) is 56.1 Å². The number of aromatic nitrogens is 2. The second-order valence-corrected chi connectivity index (χ2v) is 12.9. The zero-order valence-corrected chi connectivity index (χ0v) is 21.1. The Bertz CT molecular complexity index is 1170. The van der Waals surface area contributed by atoms with Crippen molar-refractivity contribution in [3.05, 3.63) is 35.4 Å². The molecule has 1 aromatic carbocycles. The minimum Gasteiger partial charge on any atom is -0.454 e. The lowest BCUT2D eigenvalue weighted by Crippen LogP contribution is -2.26. The lowest BCUT2D eigenvalue weighted by atomic mass is 10.0. The minimum atomic E-state index is -3.38. The SMILES string of the molecule is Cc1cc2c(cc1CN1C[C@H]3C[C@H](Nc4ccc(S(=O)(=O)C5CCCCC5)nn4)C[C@H]3C1)OCO2. The van der Waals surface area contributed by atoms with Crippen LogP contribution in [-0.4, -0.2) is 54.7 Å². The van der Waals surface area contributed by atoms with E-state index in [0.717, 1.165) is 76.1 Å². The van der Waals surface area contributed by atoms with Gasteiger partial charge in [0.1, 0.15) is 5.82 Å². The first kappa shape index (κ1) is 23.0. The third-order valence-electron chi connectivity index (χ3n) is 8.33. The molecule has 0 radical (unpaired) electrons. The Kier molecular flexibility index (Phi) is 6.08. The second-order valence-electron chi connectivity index (χ2n) is 10.7. The van der Waals surface area contributed by atoms with E-state index >= 15 is 0 Å². The molecule has 4 aliphatic rings. The molecule has 188 valence electrons. The summed E-state index contributed by atoms with van der Waals surface area (Å²) in [6.07, 6.45) is 6.76. The van der Waals surface area contributed by atoms with E-state index < -0.39 is 9.84 Å².